The van der Waals surface area contributed by atoms with E-state index in [1.807, 2.05) is 31.3 Å². The fourth-order valence-corrected chi connectivity index (χ4v) is 2.03. The van der Waals surface area contributed by atoms with Crippen molar-refractivity contribution in [3.8, 4) is 5.75 Å². The summed E-state index contributed by atoms with van der Waals surface area (Å²) >= 11 is 0. The van der Waals surface area contributed by atoms with Gasteiger partial charge in [-0.2, -0.15) is 0 Å². The molecular weight excluding hydrogens is 258 g/mol. The Kier molecular flexibility index (Phi) is 7.88. The summed E-state index contributed by atoms with van der Waals surface area (Å²) in [7, 11) is 1.78. The van der Waals surface area contributed by atoms with Gasteiger partial charge in [-0.25, -0.2) is 0 Å². The molecule has 2 heteroatoms. The monoisotopic (exact) mass is 283 g/mol. The fraction of sp³-hybridized carbons (Fsp3) is 0.316. The summed E-state index contributed by atoms with van der Waals surface area (Å²) in [4.78, 5) is 4.03. The first-order valence-electron chi connectivity index (χ1n) is 7.44. The molecule has 2 nitrogen and oxygen atoms in total. The Bertz CT molecular complexity index is 533. The van der Waals surface area contributed by atoms with Crippen LogP contribution in [-0.2, 0) is 0 Å². The summed E-state index contributed by atoms with van der Waals surface area (Å²) in [5.74, 6) is 0.909. The van der Waals surface area contributed by atoms with Crippen molar-refractivity contribution in [2.45, 2.75) is 27.2 Å². The van der Waals surface area contributed by atoms with Crippen molar-refractivity contribution in [2.24, 2.45) is 4.99 Å². The van der Waals surface area contributed by atoms with Crippen LogP contribution in [0.3, 0.4) is 0 Å². The molecule has 0 N–H and O–H groups in total. The molecule has 1 rings (SSSR count). The van der Waals surface area contributed by atoms with Gasteiger partial charge < -0.3 is 4.74 Å². The zero-order chi connectivity index (χ0) is 15.5. The Morgan fingerprint density at radius 2 is 1.90 bits per heavy atom. The molecule has 0 aliphatic rings. The molecule has 1 aromatic rings. The predicted octanol–water partition coefficient (Wildman–Crippen LogP) is 5.08. The number of nitrogens with zero attached hydrogens (tertiary/aromatic N) is 1. The summed E-state index contributed by atoms with van der Waals surface area (Å²) in [5, 5.41) is 0. The summed E-state index contributed by atoms with van der Waals surface area (Å²) in [6, 6.07) is 8.12. The number of hydrogen-bond donors (Lipinski definition) is 0. The molecule has 112 valence electrons. The zero-order valence-electron chi connectivity index (χ0n) is 13.5. The van der Waals surface area contributed by atoms with Crippen LogP contribution in [0.15, 0.2) is 58.6 Å². The van der Waals surface area contributed by atoms with Gasteiger partial charge in [-0.3, -0.25) is 4.99 Å². The highest BCUT2D eigenvalue weighted by Gasteiger charge is 1.98. The topological polar surface area (TPSA) is 21.6 Å². The van der Waals surface area contributed by atoms with Crippen LogP contribution in [-0.4, -0.2) is 19.9 Å². The van der Waals surface area contributed by atoms with Crippen molar-refractivity contribution in [3.63, 3.8) is 0 Å². The van der Waals surface area contributed by atoms with Crippen molar-refractivity contribution in [1.29, 1.82) is 0 Å². The lowest BCUT2D eigenvalue weighted by Crippen LogP contribution is -1.90. The maximum absolute atomic E-state index is 5.45. The fourth-order valence-electron chi connectivity index (χ4n) is 2.03. The minimum Gasteiger partial charge on any atom is -0.494 e. The number of ether oxygens (including phenoxy) is 1. The quantitative estimate of drug-likeness (QED) is 0.505. The third-order valence-corrected chi connectivity index (χ3v) is 3.15. The minimum atomic E-state index is 0.694. The number of benzene rings is 1. The Balaban J connectivity index is 2.92. The second kappa shape index (κ2) is 9.76. The second-order valence-corrected chi connectivity index (χ2v) is 4.53. The van der Waals surface area contributed by atoms with Crippen molar-refractivity contribution in [2.75, 3.05) is 13.7 Å². The number of aliphatic imine (C=N–C) groups is 1. The lowest BCUT2D eigenvalue weighted by atomic mass is 10.0. The highest BCUT2D eigenvalue weighted by atomic mass is 16.5. The molecule has 0 radical (unpaired) electrons. The molecule has 0 spiro atoms. The average Bonchev–Trinajstić information content (AvgIpc) is 2.52. The van der Waals surface area contributed by atoms with Crippen molar-refractivity contribution in [1.82, 2.24) is 0 Å². The van der Waals surface area contributed by atoms with Crippen LogP contribution in [0.1, 0.15) is 32.8 Å². The molecule has 1 aromatic carbocycles. The summed E-state index contributed by atoms with van der Waals surface area (Å²) in [6.07, 6.45) is 11.3. The van der Waals surface area contributed by atoms with E-state index in [0.717, 1.165) is 17.7 Å². The molecular formula is C19H25NO. The molecule has 0 aliphatic carbocycles. The lowest BCUT2D eigenvalue weighted by Gasteiger charge is -2.05. The molecule has 0 aliphatic heterocycles. The second-order valence-electron chi connectivity index (χ2n) is 4.53. The third-order valence-electron chi connectivity index (χ3n) is 3.15. The first-order chi connectivity index (χ1) is 10.2. The van der Waals surface area contributed by atoms with Gasteiger partial charge in [0.1, 0.15) is 5.75 Å². The number of allylic oxidation sites excluding steroid dienone is 5. The highest BCUT2D eigenvalue weighted by molar-refractivity contribution is 5.75. The molecule has 0 atom stereocenters. The smallest absolute Gasteiger partial charge is 0.119 e. The van der Waals surface area contributed by atoms with Gasteiger partial charge in [0, 0.05) is 13.3 Å². The molecule has 0 saturated carbocycles. The standard InChI is InChI=1S/C19H25NO/c1-5-17(6-2)18(14-15-20-4)11-8-16-9-12-19(13-10-16)21-7-3/h5,8-15H,6-7H2,1-4H3/b11-8+,17-5-,18-14-,20-15?. The van der Waals surface area contributed by atoms with Gasteiger partial charge in [0.15, 0.2) is 0 Å². The molecule has 0 saturated heterocycles. The molecule has 0 aromatic heterocycles. The van der Waals surface area contributed by atoms with E-state index < -0.39 is 0 Å². The minimum absolute atomic E-state index is 0.694. The molecule has 0 bridgehead atoms. The van der Waals surface area contributed by atoms with Crippen LogP contribution in [0.4, 0.5) is 0 Å². The van der Waals surface area contributed by atoms with E-state index in [0.29, 0.717) is 6.61 Å². The van der Waals surface area contributed by atoms with E-state index >= 15 is 0 Å². The first-order valence-corrected chi connectivity index (χ1v) is 7.44. The van der Waals surface area contributed by atoms with Gasteiger partial charge in [-0.05, 0) is 55.2 Å². The summed E-state index contributed by atoms with van der Waals surface area (Å²) < 4.78 is 5.45. The van der Waals surface area contributed by atoms with Crippen LogP contribution in [0.2, 0.25) is 0 Å². The van der Waals surface area contributed by atoms with Gasteiger partial charge in [-0.15, -0.1) is 0 Å². The largest absolute Gasteiger partial charge is 0.494 e. The average molecular weight is 283 g/mol. The van der Waals surface area contributed by atoms with E-state index in [4.69, 9.17) is 4.74 Å². The Morgan fingerprint density at radius 1 is 1.19 bits per heavy atom. The van der Waals surface area contributed by atoms with Crippen molar-refractivity contribution in [3.05, 3.63) is 59.2 Å². The van der Waals surface area contributed by atoms with E-state index in [2.05, 4.69) is 49.2 Å². The number of rotatable bonds is 7. The summed E-state index contributed by atoms with van der Waals surface area (Å²) in [6.45, 7) is 6.92. The summed E-state index contributed by atoms with van der Waals surface area (Å²) in [5.41, 5.74) is 3.67. The van der Waals surface area contributed by atoms with Gasteiger partial charge in [0.05, 0.1) is 6.61 Å². The number of hydrogen-bond acceptors (Lipinski definition) is 2. The van der Waals surface area contributed by atoms with E-state index in [9.17, 15) is 0 Å². The van der Waals surface area contributed by atoms with E-state index in [-0.39, 0.29) is 0 Å². The van der Waals surface area contributed by atoms with Crippen LogP contribution < -0.4 is 4.74 Å². The third kappa shape index (κ3) is 5.82. The maximum atomic E-state index is 5.45. The van der Waals surface area contributed by atoms with Crippen molar-refractivity contribution < 1.29 is 4.74 Å². The lowest BCUT2D eigenvalue weighted by molar-refractivity contribution is 0.340. The van der Waals surface area contributed by atoms with Crippen LogP contribution >= 0.6 is 0 Å². The van der Waals surface area contributed by atoms with E-state index in [1.165, 1.54) is 11.1 Å². The van der Waals surface area contributed by atoms with Gasteiger partial charge >= 0.3 is 0 Å². The van der Waals surface area contributed by atoms with Crippen LogP contribution in [0, 0.1) is 0 Å². The van der Waals surface area contributed by atoms with Crippen molar-refractivity contribution >= 4 is 12.3 Å². The zero-order valence-corrected chi connectivity index (χ0v) is 13.5. The SMILES string of the molecule is C\C=C(CC)/C(=C\C=NC)/C=C/c1ccc(OCC)cc1. The molecule has 0 unspecified atom stereocenters. The van der Waals surface area contributed by atoms with Crippen LogP contribution in [0.5, 0.6) is 5.75 Å². The van der Waals surface area contributed by atoms with Crippen LogP contribution in [0.25, 0.3) is 6.08 Å². The Hall–Kier alpha value is -2.09. The predicted molar refractivity (Wildman–Crippen MR) is 93.2 cm³/mol. The molecule has 0 amide bonds. The first kappa shape index (κ1) is 17.0. The highest BCUT2D eigenvalue weighted by Crippen LogP contribution is 2.18. The van der Waals surface area contributed by atoms with E-state index in [1.54, 1.807) is 7.05 Å². The molecule has 21 heavy (non-hydrogen) atoms. The molecule has 0 fully saturated rings. The maximum Gasteiger partial charge on any atom is 0.119 e. The Morgan fingerprint density at radius 3 is 2.43 bits per heavy atom. The Labute approximate surface area is 128 Å². The van der Waals surface area contributed by atoms with Gasteiger partial charge in [-0.1, -0.05) is 37.3 Å². The normalized spacial score (nSPS) is 13.3. The van der Waals surface area contributed by atoms with Gasteiger partial charge in [0.2, 0.25) is 0 Å². The molecule has 0 heterocycles. The van der Waals surface area contributed by atoms with Gasteiger partial charge in [0.25, 0.3) is 0 Å².